The van der Waals surface area contributed by atoms with Crippen LogP contribution in [0.25, 0.3) is 0 Å². The van der Waals surface area contributed by atoms with Crippen molar-refractivity contribution in [3.63, 3.8) is 0 Å². The van der Waals surface area contributed by atoms with Crippen LogP contribution in [0, 0.1) is 0 Å². The second kappa shape index (κ2) is 44.7. The summed E-state index contributed by atoms with van der Waals surface area (Å²) < 4.78 is 5.91. The monoisotopic (exact) mass is 792 g/mol. The number of ether oxygens (including phenoxy) is 1. The molecule has 0 saturated carbocycles. The Bertz CT molecular complexity index is 847. The van der Waals surface area contributed by atoms with Gasteiger partial charge in [0.15, 0.2) is 0 Å². The number of unbranched alkanes of at least 4 members (excludes halogenated alkanes) is 31. The zero-order valence-electron chi connectivity index (χ0n) is 37.8. The summed E-state index contributed by atoms with van der Waals surface area (Å²) in [6.45, 7) is 6.47. The summed E-state index contributed by atoms with van der Waals surface area (Å²) in [5.41, 5.74) is 0. The van der Waals surface area contributed by atoms with E-state index in [9.17, 15) is 19.8 Å². The van der Waals surface area contributed by atoms with Crippen LogP contribution < -0.4 is 5.32 Å². The Labute approximate surface area is 349 Å². The molecule has 0 aliphatic rings. The van der Waals surface area contributed by atoms with Crippen LogP contribution in [-0.4, -0.2) is 46.9 Å². The van der Waals surface area contributed by atoms with E-state index in [0.717, 1.165) is 57.8 Å². The fraction of sp³-hybridized carbons (Fsp3) is 0.920. The SMILES string of the molecule is CCCCCCCCCCC/C=C/CCCCCC(CC(=O)NC(CO)C(O)CCCCCCCCCCCCC)OC(=O)CCCCCCCCCCCC. The average molecular weight is 792 g/mol. The van der Waals surface area contributed by atoms with Crippen LogP contribution >= 0.6 is 0 Å². The van der Waals surface area contributed by atoms with Crippen molar-refractivity contribution in [2.45, 2.75) is 289 Å². The molecule has 6 heteroatoms. The van der Waals surface area contributed by atoms with Crippen LogP contribution in [0.5, 0.6) is 0 Å². The van der Waals surface area contributed by atoms with Gasteiger partial charge in [-0.2, -0.15) is 0 Å². The summed E-state index contributed by atoms with van der Waals surface area (Å²) in [6, 6.07) is -0.698. The van der Waals surface area contributed by atoms with Crippen molar-refractivity contribution in [2.24, 2.45) is 0 Å². The van der Waals surface area contributed by atoms with Crippen molar-refractivity contribution in [1.29, 1.82) is 0 Å². The van der Waals surface area contributed by atoms with E-state index in [1.165, 1.54) is 167 Å². The Hall–Kier alpha value is -1.40. The lowest BCUT2D eigenvalue weighted by Crippen LogP contribution is -2.46. The lowest BCUT2D eigenvalue weighted by atomic mass is 10.0. The fourth-order valence-electron chi connectivity index (χ4n) is 7.78. The zero-order chi connectivity index (χ0) is 41.0. The van der Waals surface area contributed by atoms with Gasteiger partial charge < -0.3 is 20.3 Å². The molecule has 0 spiro atoms. The summed E-state index contributed by atoms with van der Waals surface area (Å²) in [6.07, 6.45) is 48.4. The van der Waals surface area contributed by atoms with E-state index in [0.29, 0.717) is 19.3 Å². The number of hydrogen-bond acceptors (Lipinski definition) is 5. The Morgan fingerprint density at radius 3 is 1.29 bits per heavy atom. The molecule has 0 heterocycles. The molecule has 0 rings (SSSR count). The first kappa shape index (κ1) is 54.6. The molecule has 0 radical (unpaired) electrons. The Morgan fingerprint density at radius 2 is 0.857 bits per heavy atom. The molecule has 332 valence electrons. The molecule has 0 fully saturated rings. The van der Waals surface area contributed by atoms with E-state index in [-0.39, 0.29) is 24.9 Å². The van der Waals surface area contributed by atoms with Gasteiger partial charge in [0.1, 0.15) is 6.10 Å². The summed E-state index contributed by atoms with van der Waals surface area (Å²) in [4.78, 5) is 26.0. The molecule has 6 nitrogen and oxygen atoms in total. The predicted octanol–water partition coefficient (Wildman–Crippen LogP) is 14.6. The smallest absolute Gasteiger partial charge is 0.306 e. The number of rotatable bonds is 45. The molecule has 0 aromatic carbocycles. The molecule has 0 aliphatic heterocycles. The van der Waals surface area contributed by atoms with Crippen molar-refractivity contribution < 1.29 is 24.5 Å². The van der Waals surface area contributed by atoms with Gasteiger partial charge in [0.05, 0.1) is 25.2 Å². The maximum atomic E-state index is 13.2. The quantitative estimate of drug-likeness (QED) is 0.0324. The maximum Gasteiger partial charge on any atom is 0.306 e. The highest BCUT2D eigenvalue weighted by atomic mass is 16.5. The van der Waals surface area contributed by atoms with E-state index < -0.39 is 18.2 Å². The molecule has 0 aromatic rings. The van der Waals surface area contributed by atoms with Gasteiger partial charge in [0.2, 0.25) is 5.91 Å². The van der Waals surface area contributed by atoms with Crippen LogP contribution in [0.4, 0.5) is 0 Å². The largest absolute Gasteiger partial charge is 0.462 e. The van der Waals surface area contributed by atoms with Crippen molar-refractivity contribution in [2.75, 3.05) is 6.61 Å². The number of carbonyl (C=O) groups is 2. The first-order valence-corrected chi connectivity index (χ1v) is 24.9. The number of carbonyl (C=O) groups excluding carboxylic acids is 2. The third-order valence-electron chi connectivity index (χ3n) is 11.6. The van der Waals surface area contributed by atoms with Crippen LogP contribution in [0.3, 0.4) is 0 Å². The molecule has 3 N–H and O–H groups in total. The highest BCUT2D eigenvalue weighted by Gasteiger charge is 2.24. The van der Waals surface area contributed by atoms with Gasteiger partial charge in [-0.1, -0.05) is 219 Å². The standard InChI is InChI=1S/C50H97NO5/c1-4-7-10-13-16-19-22-23-24-25-26-28-29-32-35-38-41-46(56-50(55)43-40-37-34-31-21-18-15-12-9-6-3)44-49(54)51-47(45-52)48(53)42-39-36-33-30-27-20-17-14-11-8-5-2/h26,28,46-48,52-53H,4-25,27,29-45H2,1-3H3,(H,51,54)/b28-26+. The molecular weight excluding hydrogens is 695 g/mol. The summed E-state index contributed by atoms with van der Waals surface area (Å²) in [7, 11) is 0. The Balaban J connectivity index is 4.56. The Kier molecular flexibility index (Phi) is 43.6. The first-order chi connectivity index (χ1) is 27.5. The molecule has 0 saturated heterocycles. The summed E-state index contributed by atoms with van der Waals surface area (Å²) >= 11 is 0. The highest BCUT2D eigenvalue weighted by Crippen LogP contribution is 2.18. The third kappa shape index (κ3) is 39.4. The number of hydrogen-bond donors (Lipinski definition) is 3. The van der Waals surface area contributed by atoms with Gasteiger partial charge in [0, 0.05) is 6.42 Å². The van der Waals surface area contributed by atoms with E-state index >= 15 is 0 Å². The Morgan fingerprint density at radius 1 is 0.500 bits per heavy atom. The van der Waals surface area contributed by atoms with E-state index in [4.69, 9.17) is 4.74 Å². The second-order valence-electron chi connectivity index (χ2n) is 17.2. The number of allylic oxidation sites excluding steroid dienone is 2. The van der Waals surface area contributed by atoms with E-state index in [1.54, 1.807) is 0 Å². The lowest BCUT2D eigenvalue weighted by molar-refractivity contribution is -0.151. The van der Waals surface area contributed by atoms with Crippen LogP contribution in [0.15, 0.2) is 12.2 Å². The molecule has 56 heavy (non-hydrogen) atoms. The summed E-state index contributed by atoms with van der Waals surface area (Å²) in [5, 5.41) is 23.7. The van der Waals surface area contributed by atoms with Gasteiger partial charge in [0.25, 0.3) is 0 Å². The minimum atomic E-state index is -0.784. The normalized spacial score (nSPS) is 13.3. The average Bonchev–Trinajstić information content (AvgIpc) is 3.19. The third-order valence-corrected chi connectivity index (χ3v) is 11.6. The molecule has 0 aliphatic carbocycles. The first-order valence-electron chi connectivity index (χ1n) is 24.9. The zero-order valence-corrected chi connectivity index (χ0v) is 37.8. The van der Waals surface area contributed by atoms with Gasteiger partial charge in [-0.3, -0.25) is 9.59 Å². The highest BCUT2D eigenvalue weighted by molar-refractivity contribution is 5.77. The minimum absolute atomic E-state index is 0.0735. The lowest BCUT2D eigenvalue weighted by Gasteiger charge is -2.24. The maximum absolute atomic E-state index is 13.2. The predicted molar refractivity (Wildman–Crippen MR) is 241 cm³/mol. The fourth-order valence-corrected chi connectivity index (χ4v) is 7.78. The van der Waals surface area contributed by atoms with Crippen molar-refractivity contribution >= 4 is 11.9 Å². The van der Waals surface area contributed by atoms with Gasteiger partial charge in [-0.15, -0.1) is 0 Å². The molecule has 0 aromatic heterocycles. The number of esters is 1. The van der Waals surface area contributed by atoms with Gasteiger partial charge >= 0.3 is 5.97 Å². The van der Waals surface area contributed by atoms with Crippen molar-refractivity contribution in [3.05, 3.63) is 12.2 Å². The number of aliphatic hydroxyl groups excluding tert-OH is 2. The van der Waals surface area contributed by atoms with Crippen LogP contribution in [-0.2, 0) is 14.3 Å². The van der Waals surface area contributed by atoms with Crippen molar-refractivity contribution in [3.8, 4) is 0 Å². The van der Waals surface area contributed by atoms with Crippen LogP contribution in [0.2, 0.25) is 0 Å². The number of nitrogens with one attached hydrogen (secondary N) is 1. The molecule has 0 bridgehead atoms. The van der Waals surface area contributed by atoms with Crippen LogP contribution in [0.1, 0.15) is 271 Å². The number of aliphatic hydroxyl groups is 2. The molecular formula is C50H97NO5. The summed E-state index contributed by atoms with van der Waals surface area (Å²) in [5.74, 6) is -0.477. The molecule has 1 amide bonds. The van der Waals surface area contributed by atoms with E-state index in [2.05, 4.69) is 38.2 Å². The van der Waals surface area contributed by atoms with E-state index in [1.807, 2.05) is 0 Å². The minimum Gasteiger partial charge on any atom is -0.462 e. The van der Waals surface area contributed by atoms with Gasteiger partial charge in [-0.05, 0) is 51.4 Å². The number of amides is 1. The molecule has 3 atom stereocenters. The van der Waals surface area contributed by atoms with Gasteiger partial charge in [-0.25, -0.2) is 0 Å². The topological polar surface area (TPSA) is 95.9 Å². The second-order valence-corrected chi connectivity index (χ2v) is 17.2. The molecule has 3 unspecified atom stereocenters. The van der Waals surface area contributed by atoms with Crippen molar-refractivity contribution in [1.82, 2.24) is 5.32 Å².